The zero-order valence-electron chi connectivity index (χ0n) is 9.54. The predicted molar refractivity (Wildman–Crippen MR) is 78.9 cm³/mol. The van der Waals surface area contributed by atoms with Crippen molar-refractivity contribution in [2.24, 2.45) is 0 Å². The van der Waals surface area contributed by atoms with Crippen LogP contribution in [0, 0.1) is 0 Å². The Labute approximate surface area is 106 Å². The first kappa shape index (κ1) is 11.6. The summed E-state index contributed by atoms with van der Waals surface area (Å²) >= 11 is 1.71. The average molecular weight is 238 g/mol. The van der Waals surface area contributed by atoms with Crippen molar-refractivity contribution in [1.29, 1.82) is 0 Å². The first-order valence-corrected chi connectivity index (χ1v) is 6.43. The zero-order valence-corrected chi connectivity index (χ0v) is 10.4. The standard InChI is InChI=1S/C16H14S/c1-2-15-8-5-6-10-16(15)9-4-3-7-14-11-12-17-13-14/h2-13H,1H2/b7-3+,9-4+. The van der Waals surface area contributed by atoms with Crippen LogP contribution in [0.5, 0.6) is 0 Å². The monoisotopic (exact) mass is 238 g/mol. The fourth-order valence-corrected chi connectivity index (χ4v) is 2.17. The average Bonchev–Trinajstić information content (AvgIpc) is 2.88. The number of thiophene rings is 1. The highest BCUT2D eigenvalue weighted by Crippen LogP contribution is 2.12. The normalized spacial score (nSPS) is 11.3. The van der Waals surface area contributed by atoms with Crippen molar-refractivity contribution in [2.45, 2.75) is 0 Å². The Morgan fingerprint density at radius 3 is 2.41 bits per heavy atom. The van der Waals surface area contributed by atoms with E-state index in [2.05, 4.69) is 59.8 Å². The van der Waals surface area contributed by atoms with Crippen molar-refractivity contribution in [2.75, 3.05) is 0 Å². The van der Waals surface area contributed by atoms with E-state index in [-0.39, 0.29) is 0 Å². The van der Waals surface area contributed by atoms with E-state index in [0.29, 0.717) is 0 Å². The van der Waals surface area contributed by atoms with Gasteiger partial charge in [0.15, 0.2) is 0 Å². The molecule has 0 radical (unpaired) electrons. The second kappa shape index (κ2) is 6.02. The van der Waals surface area contributed by atoms with Gasteiger partial charge in [-0.05, 0) is 33.5 Å². The molecule has 0 N–H and O–H groups in total. The molecule has 0 aliphatic heterocycles. The first-order valence-electron chi connectivity index (χ1n) is 5.48. The first-order chi connectivity index (χ1) is 8.40. The smallest absolute Gasteiger partial charge is 0.00208 e. The van der Waals surface area contributed by atoms with Gasteiger partial charge in [0.25, 0.3) is 0 Å². The molecule has 0 aliphatic carbocycles. The minimum absolute atomic E-state index is 1.16. The highest BCUT2D eigenvalue weighted by atomic mass is 32.1. The van der Waals surface area contributed by atoms with E-state index in [0.717, 1.165) is 5.56 Å². The molecule has 1 heterocycles. The zero-order chi connectivity index (χ0) is 11.9. The predicted octanol–water partition coefficient (Wildman–Crippen LogP) is 5.12. The molecule has 0 bridgehead atoms. The summed E-state index contributed by atoms with van der Waals surface area (Å²) in [4.78, 5) is 0. The minimum Gasteiger partial charge on any atom is -0.152 e. The number of rotatable bonds is 4. The molecule has 84 valence electrons. The topological polar surface area (TPSA) is 0 Å². The van der Waals surface area contributed by atoms with Gasteiger partial charge in [0, 0.05) is 0 Å². The summed E-state index contributed by atoms with van der Waals surface area (Å²) in [7, 11) is 0. The van der Waals surface area contributed by atoms with Gasteiger partial charge < -0.3 is 0 Å². The van der Waals surface area contributed by atoms with E-state index in [1.807, 2.05) is 18.2 Å². The Bertz CT molecular complexity index is 530. The van der Waals surface area contributed by atoms with Crippen LogP contribution in [0.1, 0.15) is 16.7 Å². The van der Waals surface area contributed by atoms with Gasteiger partial charge in [-0.15, -0.1) is 0 Å². The van der Waals surface area contributed by atoms with Gasteiger partial charge >= 0.3 is 0 Å². The lowest BCUT2D eigenvalue weighted by Gasteiger charge is -1.98. The summed E-state index contributed by atoms with van der Waals surface area (Å²) < 4.78 is 0. The van der Waals surface area contributed by atoms with Crippen LogP contribution in [-0.4, -0.2) is 0 Å². The highest BCUT2D eigenvalue weighted by molar-refractivity contribution is 7.08. The lowest BCUT2D eigenvalue weighted by Crippen LogP contribution is -1.77. The lowest BCUT2D eigenvalue weighted by molar-refractivity contribution is 1.61. The molecule has 0 spiro atoms. The highest BCUT2D eigenvalue weighted by Gasteiger charge is 1.91. The molecule has 2 rings (SSSR count). The number of benzene rings is 1. The van der Waals surface area contributed by atoms with Gasteiger partial charge in [-0.25, -0.2) is 0 Å². The summed E-state index contributed by atoms with van der Waals surface area (Å²) in [5.74, 6) is 0. The molecule has 0 nitrogen and oxygen atoms in total. The number of hydrogen-bond donors (Lipinski definition) is 0. The molecule has 1 aromatic carbocycles. The molecule has 0 atom stereocenters. The summed E-state index contributed by atoms with van der Waals surface area (Å²) in [5, 5.41) is 4.21. The summed E-state index contributed by atoms with van der Waals surface area (Å²) in [6.45, 7) is 3.81. The van der Waals surface area contributed by atoms with Gasteiger partial charge in [-0.2, -0.15) is 11.3 Å². The van der Waals surface area contributed by atoms with Crippen LogP contribution in [0.15, 0.2) is 59.8 Å². The van der Waals surface area contributed by atoms with Gasteiger partial charge in [0.05, 0.1) is 0 Å². The molecule has 0 saturated heterocycles. The van der Waals surface area contributed by atoms with E-state index in [1.54, 1.807) is 11.3 Å². The van der Waals surface area contributed by atoms with Crippen LogP contribution in [-0.2, 0) is 0 Å². The van der Waals surface area contributed by atoms with E-state index >= 15 is 0 Å². The molecule has 1 heteroatoms. The van der Waals surface area contributed by atoms with Crippen molar-refractivity contribution in [3.8, 4) is 0 Å². The van der Waals surface area contributed by atoms with Gasteiger partial charge in [-0.3, -0.25) is 0 Å². The summed E-state index contributed by atoms with van der Waals surface area (Å²) in [6.07, 6.45) is 10.2. The summed E-state index contributed by atoms with van der Waals surface area (Å²) in [6, 6.07) is 10.3. The minimum atomic E-state index is 1.16. The molecule has 1 aromatic heterocycles. The lowest BCUT2D eigenvalue weighted by atomic mass is 10.1. The maximum absolute atomic E-state index is 3.81. The Balaban J connectivity index is 2.08. The van der Waals surface area contributed by atoms with Crippen molar-refractivity contribution < 1.29 is 0 Å². The Hall–Kier alpha value is -1.86. The SMILES string of the molecule is C=Cc1ccccc1/C=C/C=C/c1ccsc1. The van der Waals surface area contributed by atoms with Crippen LogP contribution < -0.4 is 0 Å². The fourth-order valence-electron chi connectivity index (χ4n) is 1.54. The maximum atomic E-state index is 3.81. The Morgan fingerprint density at radius 1 is 0.941 bits per heavy atom. The molecule has 0 unspecified atom stereocenters. The molecule has 0 amide bonds. The largest absolute Gasteiger partial charge is 0.152 e. The molecule has 0 aliphatic rings. The van der Waals surface area contributed by atoms with Gasteiger partial charge in [0.1, 0.15) is 0 Å². The summed E-state index contributed by atoms with van der Waals surface area (Å²) in [5.41, 5.74) is 3.60. The molecule has 0 fully saturated rings. The van der Waals surface area contributed by atoms with E-state index in [4.69, 9.17) is 0 Å². The third-order valence-electron chi connectivity index (χ3n) is 2.43. The van der Waals surface area contributed by atoms with E-state index < -0.39 is 0 Å². The van der Waals surface area contributed by atoms with Crippen molar-refractivity contribution in [3.05, 3.63) is 76.5 Å². The van der Waals surface area contributed by atoms with Crippen LogP contribution in [0.2, 0.25) is 0 Å². The molecule has 2 aromatic rings. The Morgan fingerprint density at radius 2 is 1.71 bits per heavy atom. The third-order valence-corrected chi connectivity index (χ3v) is 3.14. The van der Waals surface area contributed by atoms with Crippen molar-refractivity contribution in [1.82, 2.24) is 0 Å². The fraction of sp³-hybridized carbons (Fsp3) is 0. The molecular formula is C16H14S. The quantitative estimate of drug-likeness (QED) is 0.649. The molecule has 17 heavy (non-hydrogen) atoms. The van der Waals surface area contributed by atoms with Crippen molar-refractivity contribution in [3.63, 3.8) is 0 Å². The van der Waals surface area contributed by atoms with E-state index in [1.165, 1.54) is 11.1 Å². The van der Waals surface area contributed by atoms with Gasteiger partial charge in [0.2, 0.25) is 0 Å². The van der Waals surface area contributed by atoms with Gasteiger partial charge in [-0.1, -0.05) is 61.2 Å². The number of allylic oxidation sites excluding steroid dienone is 2. The molecular weight excluding hydrogens is 224 g/mol. The van der Waals surface area contributed by atoms with Crippen LogP contribution in [0.25, 0.3) is 18.2 Å². The van der Waals surface area contributed by atoms with Crippen LogP contribution >= 0.6 is 11.3 Å². The second-order valence-electron chi connectivity index (χ2n) is 3.61. The molecule has 0 saturated carbocycles. The third kappa shape index (κ3) is 3.30. The van der Waals surface area contributed by atoms with E-state index in [9.17, 15) is 0 Å². The number of hydrogen-bond acceptors (Lipinski definition) is 1. The Kier molecular flexibility index (Phi) is 4.11. The maximum Gasteiger partial charge on any atom is -0.00208 e. The van der Waals surface area contributed by atoms with Crippen LogP contribution in [0.3, 0.4) is 0 Å². The van der Waals surface area contributed by atoms with Crippen molar-refractivity contribution >= 4 is 29.6 Å². The second-order valence-corrected chi connectivity index (χ2v) is 4.39. The van der Waals surface area contributed by atoms with Crippen LogP contribution in [0.4, 0.5) is 0 Å².